The third kappa shape index (κ3) is 4.88. The van der Waals surface area contributed by atoms with Crippen LogP contribution in [0.5, 0.6) is 0 Å². The van der Waals surface area contributed by atoms with Gasteiger partial charge in [-0.15, -0.1) is 0 Å². The first-order valence-electron chi connectivity index (χ1n) is 7.75. The van der Waals surface area contributed by atoms with Gasteiger partial charge in [0.15, 0.2) is 33.0 Å². The molecule has 0 aromatic heterocycles. The molecule has 0 spiro atoms. The summed E-state index contributed by atoms with van der Waals surface area (Å²) in [6.07, 6.45) is 0. The van der Waals surface area contributed by atoms with E-state index in [2.05, 4.69) is 0 Å². The Kier molecular flexibility index (Phi) is 7.12. The molecule has 136 valence electrons. The van der Waals surface area contributed by atoms with Crippen molar-refractivity contribution >= 4 is 14.9 Å². The molecule has 0 bridgehead atoms. The van der Waals surface area contributed by atoms with Gasteiger partial charge >= 0.3 is 0 Å². The van der Waals surface area contributed by atoms with Gasteiger partial charge in [0.05, 0.1) is 0 Å². The predicted octanol–water partition coefficient (Wildman–Crippen LogP) is 2.99. The summed E-state index contributed by atoms with van der Waals surface area (Å²) in [7, 11) is -1.18. The lowest BCUT2D eigenvalue weighted by molar-refractivity contribution is -0.242. The second kappa shape index (κ2) is 9.09. The SMILES string of the molecule is CCOC(OCC)O[SiH2]c1ccc(-c2cc(F)c(F)c(F)c2F)cc1. The van der Waals surface area contributed by atoms with Crippen molar-refractivity contribution in [2.45, 2.75) is 20.3 Å². The van der Waals surface area contributed by atoms with Crippen LogP contribution in [0.25, 0.3) is 11.1 Å². The van der Waals surface area contributed by atoms with Gasteiger partial charge in [-0.2, -0.15) is 0 Å². The van der Waals surface area contributed by atoms with E-state index in [0.717, 1.165) is 5.19 Å². The lowest BCUT2D eigenvalue weighted by atomic mass is 10.0. The molecule has 0 atom stereocenters. The predicted molar refractivity (Wildman–Crippen MR) is 88.0 cm³/mol. The maximum atomic E-state index is 13.8. The molecule has 25 heavy (non-hydrogen) atoms. The summed E-state index contributed by atoms with van der Waals surface area (Å²) in [4.78, 5) is 0. The van der Waals surface area contributed by atoms with E-state index in [0.29, 0.717) is 19.3 Å². The van der Waals surface area contributed by atoms with E-state index in [1.165, 1.54) is 12.1 Å². The minimum Gasteiger partial charge on any atom is -0.373 e. The van der Waals surface area contributed by atoms with Crippen LogP contribution in [-0.4, -0.2) is 29.5 Å². The molecule has 2 rings (SSSR count). The van der Waals surface area contributed by atoms with E-state index in [9.17, 15) is 17.6 Å². The molecule has 3 nitrogen and oxygen atoms in total. The minimum atomic E-state index is -1.83. The van der Waals surface area contributed by atoms with Gasteiger partial charge in [0.25, 0.3) is 6.48 Å². The number of hydrogen-bond acceptors (Lipinski definition) is 3. The first-order valence-corrected chi connectivity index (χ1v) is 9.03. The summed E-state index contributed by atoms with van der Waals surface area (Å²) in [6, 6.07) is 6.95. The average molecular weight is 374 g/mol. The molecule has 0 fully saturated rings. The molecule has 0 unspecified atom stereocenters. The maximum absolute atomic E-state index is 13.8. The summed E-state index contributed by atoms with van der Waals surface area (Å²) >= 11 is 0. The third-order valence-corrected chi connectivity index (χ3v) is 4.60. The van der Waals surface area contributed by atoms with Crippen molar-refractivity contribution in [1.29, 1.82) is 0 Å². The van der Waals surface area contributed by atoms with Crippen LogP contribution in [-0.2, 0) is 13.9 Å². The number of ether oxygens (including phenoxy) is 2. The van der Waals surface area contributed by atoms with Crippen molar-refractivity contribution < 1.29 is 31.5 Å². The molecule has 0 aliphatic heterocycles. The van der Waals surface area contributed by atoms with Gasteiger partial charge in [0.2, 0.25) is 0 Å². The molecule has 0 saturated heterocycles. The van der Waals surface area contributed by atoms with Crippen molar-refractivity contribution in [3.63, 3.8) is 0 Å². The first-order chi connectivity index (χ1) is 12.0. The largest absolute Gasteiger partial charge is 0.373 e. The number of hydrogen-bond donors (Lipinski definition) is 0. The van der Waals surface area contributed by atoms with Gasteiger partial charge in [0, 0.05) is 18.8 Å². The molecule has 0 aliphatic carbocycles. The highest BCUT2D eigenvalue weighted by molar-refractivity contribution is 6.46. The highest BCUT2D eigenvalue weighted by Crippen LogP contribution is 2.27. The first kappa shape index (κ1) is 19.6. The molecule has 0 aliphatic rings. The molecule has 0 amide bonds. The van der Waals surface area contributed by atoms with Crippen LogP contribution in [0.1, 0.15) is 13.8 Å². The Labute approximate surface area is 145 Å². The molecular formula is C17H18F4O3Si. The lowest BCUT2D eigenvalue weighted by Crippen LogP contribution is -2.28. The summed E-state index contributed by atoms with van der Waals surface area (Å²) in [5.74, 6) is -6.51. The van der Waals surface area contributed by atoms with E-state index in [1.807, 2.05) is 13.8 Å². The second-order valence-electron chi connectivity index (χ2n) is 5.06. The van der Waals surface area contributed by atoms with Crippen LogP contribution in [0.15, 0.2) is 30.3 Å². The topological polar surface area (TPSA) is 27.7 Å². The van der Waals surface area contributed by atoms with Crippen LogP contribution < -0.4 is 5.19 Å². The molecule has 0 N–H and O–H groups in total. The molecule has 0 radical (unpaired) electrons. The van der Waals surface area contributed by atoms with Crippen LogP contribution in [0.3, 0.4) is 0 Å². The zero-order valence-electron chi connectivity index (χ0n) is 13.8. The lowest BCUT2D eigenvalue weighted by Gasteiger charge is -2.17. The van der Waals surface area contributed by atoms with E-state index in [1.54, 1.807) is 12.1 Å². The Balaban J connectivity index is 2.12. The molecule has 0 saturated carbocycles. The Morgan fingerprint density at radius 2 is 1.48 bits per heavy atom. The zero-order valence-corrected chi connectivity index (χ0v) is 15.2. The Bertz CT molecular complexity index is 704. The summed E-state index contributed by atoms with van der Waals surface area (Å²) in [5.41, 5.74) is -0.105. The third-order valence-electron chi connectivity index (χ3n) is 3.36. The van der Waals surface area contributed by atoms with E-state index in [4.69, 9.17) is 13.9 Å². The average Bonchev–Trinajstić information content (AvgIpc) is 2.62. The van der Waals surface area contributed by atoms with Gasteiger partial charge < -0.3 is 13.9 Å². The Morgan fingerprint density at radius 1 is 0.880 bits per heavy atom. The number of rotatable bonds is 8. The standard InChI is InChI=1S/C17H18F4O3Si/c1-3-22-17(23-4-2)24-25-11-7-5-10(6-8-11)12-9-13(18)15(20)16(21)14(12)19/h5-9,17H,3-4,25H2,1-2H3. The van der Waals surface area contributed by atoms with Gasteiger partial charge in [0.1, 0.15) is 0 Å². The van der Waals surface area contributed by atoms with Gasteiger partial charge in [-0.1, -0.05) is 24.3 Å². The van der Waals surface area contributed by atoms with E-state index >= 15 is 0 Å². The Hall–Kier alpha value is -1.74. The van der Waals surface area contributed by atoms with Crippen molar-refractivity contribution in [3.8, 4) is 11.1 Å². The smallest absolute Gasteiger partial charge is 0.261 e. The normalized spacial score (nSPS) is 11.8. The van der Waals surface area contributed by atoms with Crippen LogP contribution >= 0.6 is 0 Å². The molecular weight excluding hydrogens is 356 g/mol. The fraction of sp³-hybridized carbons (Fsp3) is 0.294. The van der Waals surface area contributed by atoms with Gasteiger partial charge in [-0.05, 0) is 30.7 Å². The summed E-state index contributed by atoms with van der Waals surface area (Å²) in [6.45, 7) is 3.79. The minimum absolute atomic E-state index is 0.235. The number of benzene rings is 2. The van der Waals surface area contributed by atoms with E-state index in [-0.39, 0.29) is 11.1 Å². The van der Waals surface area contributed by atoms with Crippen molar-refractivity contribution in [2.75, 3.05) is 13.2 Å². The molecule has 0 heterocycles. The van der Waals surface area contributed by atoms with Crippen LogP contribution in [0, 0.1) is 23.3 Å². The highest BCUT2D eigenvalue weighted by Gasteiger charge is 2.19. The van der Waals surface area contributed by atoms with E-state index < -0.39 is 39.5 Å². The maximum Gasteiger partial charge on any atom is 0.261 e. The monoisotopic (exact) mass is 374 g/mol. The molecule has 2 aromatic carbocycles. The Morgan fingerprint density at radius 3 is 2.04 bits per heavy atom. The fourth-order valence-corrected chi connectivity index (χ4v) is 3.09. The number of halogens is 4. The highest BCUT2D eigenvalue weighted by atomic mass is 28.2. The van der Waals surface area contributed by atoms with Crippen molar-refractivity contribution in [3.05, 3.63) is 53.6 Å². The fourth-order valence-electron chi connectivity index (χ4n) is 2.14. The summed E-state index contributed by atoms with van der Waals surface area (Å²) < 4.78 is 69.6. The van der Waals surface area contributed by atoms with Crippen LogP contribution in [0.2, 0.25) is 0 Å². The van der Waals surface area contributed by atoms with Crippen molar-refractivity contribution in [2.24, 2.45) is 0 Å². The van der Waals surface area contributed by atoms with Crippen LogP contribution in [0.4, 0.5) is 17.6 Å². The molecule has 2 aromatic rings. The molecule has 8 heteroatoms. The van der Waals surface area contributed by atoms with Gasteiger partial charge in [-0.25, -0.2) is 17.6 Å². The summed E-state index contributed by atoms with van der Waals surface area (Å²) in [5, 5.41) is 0.858. The quantitative estimate of drug-likeness (QED) is 0.234. The van der Waals surface area contributed by atoms with Gasteiger partial charge in [-0.3, -0.25) is 0 Å². The zero-order chi connectivity index (χ0) is 18.4. The second-order valence-corrected chi connectivity index (χ2v) is 6.49. The van der Waals surface area contributed by atoms with Crippen molar-refractivity contribution in [1.82, 2.24) is 0 Å².